The fourth-order valence-electron chi connectivity index (χ4n) is 1.04. The number of nitriles is 1. The first-order valence-electron chi connectivity index (χ1n) is 3.70. The highest BCUT2D eigenvalue weighted by Gasteiger charge is 2.27. The summed E-state index contributed by atoms with van der Waals surface area (Å²) < 4.78 is 25.8. The van der Waals surface area contributed by atoms with Gasteiger partial charge in [-0.1, -0.05) is 0 Å². The predicted molar refractivity (Wildman–Crippen MR) is 43.3 cm³/mol. The highest BCUT2D eigenvalue weighted by atomic mass is 19.3. The molecule has 1 rings (SSSR count). The van der Waals surface area contributed by atoms with E-state index in [1.807, 2.05) is 0 Å². The van der Waals surface area contributed by atoms with Crippen molar-refractivity contribution in [3.8, 4) is 6.07 Å². The van der Waals surface area contributed by atoms with E-state index in [1.54, 1.807) is 6.07 Å². The first kappa shape index (κ1) is 9.59. The number of halogens is 2. The second kappa shape index (κ2) is 3.09. The summed E-state index contributed by atoms with van der Waals surface area (Å²) in [5.41, 5.74) is 0.222. The Morgan fingerprint density at radius 2 is 2.15 bits per heavy atom. The molecule has 0 saturated carbocycles. The van der Waals surface area contributed by atoms with Crippen molar-refractivity contribution >= 4 is 0 Å². The monoisotopic (exact) mass is 182 g/mol. The molecular formula is C9H8F2N2. The quantitative estimate of drug-likeness (QED) is 0.668. The molecule has 0 aliphatic heterocycles. The van der Waals surface area contributed by atoms with Gasteiger partial charge in [-0.05, 0) is 13.0 Å². The molecule has 0 amide bonds. The Labute approximate surface area is 74.8 Å². The van der Waals surface area contributed by atoms with E-state index in [4.69, 9.17) is 5.26 Å². The third-order valence-electron chi connectivity index (χ3n) is 1.69. The molecule has 0 atom stereocenters. The van der Waals surface area contributed by atoms with E-state index in [9.17, 15) is 8.78 Å². The van der Waals surface area contributed by atoms with Gasteiger partial charge in [0, 0.05) is 24.4 Å². The summed E-state index contributed by atoms with van der Waals surface area (Å²) >= 11 is 0. The molecule has 0 radical (unpaired) electrons. The number of hydrogen-bond acceptors (Lipinski definition) is 2. The largest absolute Gasteiger partial charge is 0.272 e. The molecule has 0 aliphatic carbocycles. The van der Waals surface area contributed by atoms with Crippen LogP contribution in [0.15, 0.2) is 12.3 Å². The van der Waals surface area contributed by atoms with Crippen LogP contribution in [-0.2, 0) is 5.92 Å². The Hall–Kier alpha value is -1.50. The summed E-state index contributed by atoms with van der Waals surface area (Å²) in [6, 6.07) is 2.94. The molecule has 0 unspecified atom stereocenters. The van der Waals surface area contributed by atoms with Crippen LogP contribution >= 0.6 is 0 Å². The van der Waals surface area contributed by atoms with Crippen LogP contribution in [-0.4, -0.2) is 4.98 Å². The van der Waals surface area contributed by atoms with Gasteiger partial charge in [0.05, 0.1) is 5.56 Å². The van der Waals surface area contributed by atoms with Crippen molar-refractivity contribution in [2.45, 2.75) is 19.8 Å². The lowest BCUT2D eigenvalue weighted by atomic mass is 10.1. The Kier molecular flexibility index (Phi) is 2.28. The van der Waals surface area contributed by atoms with Crippen molar-refractivity contribution in [1.82, 2.24) is 4.98 Å². The van der Waals surface area contributed by atoms with Crippen LogP contribution in [0.3, 0.4) is 0 Å². The molecule has 1 aromatic rings. The lowest BCUT2D eigenvalue weighted by Crippen LogP contribution is -2.10. The second-order valence-electron chi connectivity index (χ2n) is 2.86. The molecular weight excluding hydrogens is 174 g/mol. The molecule has 2 nitrogen and oxygen atoms in total. The van der Waals surface area contributed by atoms with Crippen LogP contribution in [0.4, 0.5) is 8.78 Å². The van der Waals surface area contributed by atoms with Gasteiger partial charge in [0.2, 0.25) is 0 Å². The number of aromatic nitrogens is 1. The van der Waals surface area contributed by atoms with E-state index in [1.165, 1.54) is 19.2 Å². The van der Waals surface area contributed by atoms with Gasteiger partial charge < -0.3 is 0 Å². The number of hydrogen-bond donors (Lipinski definition) is 0. The lowest BCUT2D eigenvalue weighted by Gasteiger charge is -2.12. The van der Waals surface area contributed by atoms with Crippen LogP contribution in [0.1, 0.15) is 23.7 Å². The van der Waals surface area contributed by atoms with Crippen molar-refractivity contribution < 1.29 is 8.78 Å². The molecule has 0 aromatic carbocycles. The standard InChI is InChI=1S/C9H8F2N2/c1-6-8(9(2,10)11)3-7(4-12)5-13-6/h3,5H,1-2H3. The van der Waals surface area contributed by atoms with E-state index in [2.05, 4.69) is 4.98 Å². The average Bonchev–Trinajstić information content (AvgIpc) is 2.03. The Morgan fingerprint density at radius 3 is 2.62 bits per heavy atom. The zero-order chi connectivity index (χ0) is 10.1. The van der Waals surface area contributed by atoms with Crippen LogP contribution in [0.25, 0.3) is 0 Å². The highest BCUT2D eigenvalue weighted by Crippen LogP contribution is 2.28. The summed E-state index contributed by atoms with van der Waals surface area (Å²) in [6.07, 6.45) is 1.28. The van der Waals surface area contributed by atoms with Gasteiger partial charge in [-0.15, -0.1) is 0 Å². The molecule has 1 aromatic heterocycles. The van der Waals surface area contributed by atoms with Crippen molar-refractivity contribution in [3.63, 3.8) is 0 Å². The summed E-state index contributed by atoms with van der Waals surface area (Å²) in [4.78, 5) is 3.71. The van der Waals surface area contributed by atoms with Gasteiger partial charge >= 0.3 is 0 Å². The first-order chi connectivity index (χ1) is 5.95. The molecule has 13 heavy (non-hydrogen) atoms. The molecule has 0 spiro atoms. The minimum Gasteiger partial charge on any atom is -0.260 e. The highest BCUT2D eigenvalue weighted by molar-refractivity contribution is 5.34. The molecule has 4 heteroatoms. The number of alkyl halides is 2. The maximum atomic E-state index is 12.9. The van der Waals surface area contributed by atoms with Crippen LogP contribution < -0.4 is 0 Å². The van der Waals surface area contributed by atoms with Gasteiger partial charge in [-0.3, -0.25) is 4.98 Å². The summed E-state index contributed by atoms with van der Waals surface area (Å²) in [5.74, 6) is -2.94. The van der Waals surface area contributed by atoms with E-state index in [0.29, 0.717) is 0 Å². The number of pyridine rings is 1. The van der Waals surface area contributed by atoms with Crippen molar-refractivity contribution in [2.24, 2.45) is 0 Å². The molecule has 0 saturated heterocycles. The Morgan fingerprint density at radius 1 is 1.54 bits per heavy atom. The van der Waals surface area contributed by atoms with Gasteiger partial charge in [0.25, 0.3) is 5.92 Å². The minimum absolute atomic E-state index is 0.155. The summed E-state index contributed by atoms with van der Waals surface area (Å²) in [6.45, 7) is 2.28. The topological polar surface area (TPSA) is 36.7 Å². The normalized spacial score (nSPS) is 11.0. The number of nitrogens with zero attached hydrogens (tertiary/aromatic N) is 2. The first-order valence-corrected chi connectivity index (χ1v) is 3.70. The maximum absolute atomic E-state index is 12.9. The van der Waals surface area contributed by atoms with E-state index >= 15 is 0 Å². The average molecular weight is 182 g/mol. The minimum atomic E-state index is -2.94. The molecule has 0 N–H and O–H groups in total. The molecule has 0 aliphatic rings. The van der Waals surface area contributed by atoms with Crippen molar-refractivity contribution in [1.29, 1.82) is 5.26 Å². The summed E-state index contributed by atoms with van der Waals surface area (Å²) in [5, 5.41) is 8.48. The van der Waals surface area contributed by atoms with Gasteiger partial charge in [-0.2, -0.15) is 5.26 Å². The van der Waals surface area contributed by atoms with Crippen molar-refractivity contribution in [3.05, 3.63) is 29.1 Å². The Bertz CT molecular complexity index is 361. The van der Waals surface area contributed by atoms with Crippen LogP contribution in [0.2, 0.25) is 0 Å². The zero-order valence-corrected chi connectivity index (χ0v) is 7.31. The predicted octanol–water partition coefficient (Wildman–Crippen LogP) is 2.37. The van der Waals surface area contributed by atoms with Crippen LogP contribution in [0.5, 0.6) is 0 Å². The maximum Gasteiger partial charge on any atom is 0.272 e. The van der Waals surface area contributed by atoms with E-state index < -0.39 is 5.92 Å². The number of aryl methyl sites for hydroxylation is 1. The van der Waals surface area contributed by atoms with Crippen molar-refractivity contribution in [2.75, 3.05) is 0 Å². The van der Waals surface area contributed by atoms with E-state index in [-0.39, 0.29) is 16.8 Å². The molecule has 0 fully saturated rings. The van der Waals surface area contributed by atoms with E-state index in [0.717, 1.165) is 6.92 Å². The SMILES string of the molecule is Cc1ncc(C#N)cc1C(C)(F)F. The fourth-order valence-corrected chi connectivity index (χ4v) is 1.04. The molecule has 0 bridgehead atoms. The van der Waals surface area contributed by atoms with Crippen LogP contribution in [0, 0.1) is 18.3 Å². The second-order valence-corrected chi connectivity index (χ2v) is 2.86. The molecule has 68 valence electrons. The Balaban J connectivity index is 3.29. The number of rotatable bonds is 1. The third kappa shape index (κ3) is 2.00. The summed E-state index contributed by atoms with van der Waals surface area (Å²) in [7, 11) is 0. The lowest BCUT2D eigenvalue weighted by molar-refractivity contribution is 0.0164. The van der Waals surface area contributed by atoms with Gasteiger partial charge in [0.15, 0.2) is 0 Å². The molecule has 1 heterocycles. The van der Waals surface area contributed by atoms with Gasteiger partial charge in [0.1, 0.15) is 6.07 Å². The third-order valence-corrected chi connectivity index (χ3v) is 1.69. The van der Waals surface area contributed by atoms with Gasteiger partial charge in [-0.25, -0.2) is 8.78 Å². The fraction of sp³-hybridized carbons (Fsp3) is 0.333. The zero-order valence-electron chi connectivity index (χ0n) is 7.31. The smallest absolute Gasteiger partial charge is 0.260 e.